The third-order valence-electron chi connectivity index (χ3n) is 9.88. The first-order valence-electron chi connectivity index (χ1n) is 24.6. The molecule has 0 aliphatic heterocycles. The van der Waals surface area contributed by atoms with Gasteiger partial charge in [-0.3, -0.25) is 14.2 Å². The lowest BCUT2D eigenvalue weighted by Crippen LogP contribution is -2.64. The quantitative estimate of drug-likeness (QED) is 0.0182. The number of hydrogen-bond acceptors (Lipinski definition) is 13. The molecule has 1 rings (SSSR count). The van der Waals surface area contributed by atoms with Crippen LogP contribution in [0.25, 0.3) is 0 Å². The fourth-order valence-electron chi connectivity index (χ4n) is 6.42. The van der Waals surface area contributed by atoms with Gasteiger partial charge in [0.05, 0.1) is 6.61 Å². The Balaban J connectivity index is 2.48. The van der Waals surface area contributed by atoms with Crippen LogP contribution < -0.4 is 4.89 Å². The smallest absolute Gasteiger partial charge is 0.306 e. The minimum Gasteiger partial charge on any atom is -0.756 e. The van der Waals surface area contributed by atoms with Crippen LogP contribution in [-0.2, 0) is 32.7 Å². The second-order valence-corrected chi connectivity index (χ2v) is 16.2. The van der Waals surface area contributed by atoms with Gasteiger partial charge >= 0.3 is 11.9 Å². The molecule has 1 aliphatic rings. The van der Waals surface area contributed by atoms with Crippen LogP contribution in [0.15, 0.2) is 12.2 Å². The summed E-state index contributed by atoms with van der Waals surface area (Å²) in [7, 11) is -5.41. The van der Waals surface area contributed by atoms with E-state index in [0.717, 1.165) is 64.2 Å². The van der Waals surface area contributed by atoms with Gasteiger partial charge in [-0.25, -0.2) is 0 Å². The van der Waals surface area contributed by atoms with Gasteiger partial charge in [-0.1, -0.05) is 148 Å². The number of esters is 2. The van der Waals surface area contributed by atoms with Gasteiger partial charge in [0.25, 0.3) is 7.82 Å². The molecule has 0 saturated heterocycles. The van der Waals surface area contributed by atoms with Crippen LogP contribution in [0.1, 0.15) is 197 Å². The van der Waals surface area contributed by atoms with E-state index in [1.165, 1.54) is 44.9 Å². The Morgan fingerprint density at radius 2 is 1.11 bits per heavy atom. The Kier molecular flexibility index (Phi) is 24.7. The van der Waals surface area contributed by atoms with Crippen molar-refractivity contribution >= 4 is 19.8 Å². The summed E-state index contributed by atoms with van der Waals surface area (Å²) in [5.41, 5.74) is 0. The van der Waals surface area contributed by atoms with Crippen molar-refractivity contribution in [3.63, 3.8) is 0 Å². The molecule has 0 amide bonds. The van der Waals surface area contributed by atoms with Gasteiger partial charge in [0.2, 0.25) is 0 Å². The van der Waals surface area contributed by atoms with Crippen molar-refractivity contribution in [2.75, 3.05) is 13.2 Å². The second-order valence-electron chi connectivity index (χ2n) is 14.9. The number of aliphatic hydroxyl groups excluding tert-OH is 5. The van der Waals surface area contributed by atoms with E-state index in [2.05, 4.69) is 13.0 Å². The highest BCUT2D eigenvalue weighted by Gasteiger charge is 2.50. The number of allylic oxidation sites excluding steroid dienone is 2. The molecule has 1 fully saturated rings. The normalized spacial score (nSPS) is 25.5. The summed E-state index contributed by atoms with van der Waals surface area (Å²) in [5, 5.41) is 50.0. The fraction of sp³-hybridized carbons (Fsp3) is 0.905. The minimum atomic E-state index is -5.41. The fourth-order valence-corrected chi connectivity index (χ4v) is 7.37. The van der Waals surface area contributed by atoms with E-state index in [0.29, 0.717) is 32.1 Å². The molecule has 0 bridgehead atoms. The highest BCUT2D eigenvalue weighted by atomic mass is 31.2. The molecule has 0 spiro atoms. The SMILES string of the molecule is [2H]C([2H])([2H])C([2H])([2H])C([2H])([2H])CCCCC/C=C/CCCCCCCC(=O)OC(COC(=O)CCCCCCCCCCCCCC)COP(=O)([O-])OC1C(O)C(O)C(O)C(O)C1O. The first kappa shape index (κ1) is 41.3. The minimum absolute atomic E-state index is 0.00433. The zero-order chi connectivity index (χ0) is 47.5. The topological polar surface area (TPSA) is 212 Å². The molecule has 13 nitrogen and oxygen atoms in total. The summed E-state index contributed by atoms with van der Waals surface area (Å²) >= 11 is 0. The number of ether oxygens (including phenoxy) is 2. The van der Waals surface area contributed by atoms with E-state index in [-0.39, 0.29) is 19.3 Å². The standard InChI is InChI=1S/C42H79O13P/c1-3-5-7-9-11-13-15-17-18-19-21-23-25-27-29-31-36(44)54-34(32-52-35(43)30-28-26-24-22-20-16-14-12-10-8-6-4-2)33-53-56(50,51)55-42-40(48)38(46)37(45)39(47)41(42)49/h17-18,34,37-42,45-49H,3-16,19-33H2,1-2H3,(H,50,51)/p-1/b18-17+/i1D3,3D2,5D2. The molecule has 6 unspecified atom stereocenters. The van der Waals surface area contributed by atoms with Gasteiger partial charge in [-0.2, -0.15) is 0 Å². The summed E-state index contributed by atoms with van der Waals surface area (Å²) < 4.78 is 86.0. The van der Waals surface area contributed by atoms with E-state index < -0.39 is 95.3 Å². The van der Waals surface area contributed by atoms with E-state index in [1.807, 2.05) is 6.08 Å². The number of hydrogen-bond donors (Lipinski definition) is 5. The first-order chi connectivity index (χ1) is 29.6. The summed E-state index contributed by atoms with van der Waals surface area (Å²) in [6.07, 6.45) is 5.66. The Bertz CT molecular complexity index is 1310. The number of rotatable bonds is 36. The zero-order valence-corrected chi connectivity index (χ0v) is 34.6. The Morgan fingerprint density at radius 1 is 0.661 bits per heavy atom. The predicted octanol–water partition coefficient (Wildman–Crippen LogP) is 7.26. The monoisotopic (exact) mass is 829 g/mol. The zero-order valence-electron chi connectivity index (χ0n) is 40.7. The number of phosphoric acid groups is 1. The highest BCUT2D eigenvalue weighted by molar-refractivity contribution is 7.45. The van der Waals surface area contributed by atoms with Crippen LogP contribution in [0.5, 0.6) is 0 Å². The van der Waals surface area contributed by atoms with Crippen LogP contribution in [0.4, 0.5) is 0 Å². The molecule has 5 N–H and O–H groups in total. The average Bonchev–Trinajstić information content (AvgIpc) is 3.21. The second kappa shape index (κ2) is 33.4. The summed E-state index contributed by atoms with van der Waals surface area (Å²) in [6, 6.07) is 0. The molecule has 330 valence electrons. The third kappa shape index (κ3) is 25.8. The van der Waals surface area contributed by atoms with Crippen molar-refractivity contribution in [2.45, 2.75) is 230 Å². The lowest BCUT2D eigenvalue weighted by Gasteiger charge is -2.43. The van der Waals surface area contributed by atoms with Crippen LogP contribution in [0.3, 0.4) is 0 Å². The van der Waals surface area contributed by atoms with Crippen LogP contribution in [-0.4, -0.2) is 93.4 Å². The molecule has 6 atom stereocenters. The van der Waals surface area contributed by atoms with Gasteiger partial charge in [-0.05, 0) is 38.5 Å². The maximum absolute atomic E-state index is 12.8. The van der Waals surface area contributed by atoms with E-state index in [9.17, 15) is 44.6 Å². The van der Waals surface area contributed by atoms with Crippen LogP contribution in [0.2, 0.25) is 0 Å². The molecule has 1 aliphatic carbocycles. The number of phosphoric ester groups is 1. The molecular weight excluding hydrogens is 743 g/mol. The van der Waals surface area contributed by atoms with Crippen molar-refractivity contribution in [2.24, 2.45) is 0 Å². The van der Waals surface area contributed by atoms with Crippen molar-refractivity contribution in [3.8, 4) is 0 Å². The summed E-state index contributed by atoms with van der Waals surface area (Å²) in [4.78, 5) is 38.0. The highest BCUT2D eigenvalue weighted by Crippen LogP contribution is 2.43. The Labute approximate surface area is 347 Å². The molecule has 0 aromatic heterocycles. The maximum atomic E-state index is 12.8. The summed E-state index contributed by atoms with van der Waals surface area (Å²) in [5.74, 6) is -1.25. The maximum Gasteiger partial charge on any atom is 0.306 e. The van der Waals surface area contributed by atoms with E-state index in [1.54, 1.807) is 0 Å². The van der Waals surface area contributed by atoms with Gasteiger partial charge in [0.1, 0.15) is 43.2 Å². The molecule has 56 heavy (non-hydrogen) atoms. The van der Waals surface area contributed by atoms with Crippen LogP contribution in [0, 0.1) is 0 Å². The Morgan fingerprint density at radius 3 is 1.62 bits per heavy atom. The average molecular weight is 829 g/mol. The van der Waals surface area contributed by atoms with E-state index in [4.69, 9.17) is 28.1 Å². The number of carbonyl (C=O) groups is 2. The van der Waals surface area contributed by atoms with Gasteiger partial charge in [0, 0.05) is 22.4 Å². The number of carbonyl (C=O) groups excluding carboxylic acids is 2. The van der Waals surface area contributed by atoms with Gasteiger partial charge < -0.3 is 48.9 Å². The molecule has 1 saturated carbocycles. The Hall–Kier alpha value is -1.41. The van der Waals surface area contributed by atoms with Crippen molar-refractivity contribution < 1.29 is 72.7 Å². The lowest BCUT2D eigenvalue weighted by molar-refractivity contribution is -0.261. The van der Waals surface area contributed by atoms with Crippen molar-refractivity contribution in [1.29, 1.82) is 0 Å². The third-order valence-corrected chi connectivity index (χ3v) is 10.9. The molecular formula is C42H78O13P-. The molecule has 0 aromatic rings. The molecule has 0 aromatic carbocycles. The first-order valence-corrected chi connectivity index (χ1v) is 22.6. The van der Waals surface area contributed by atoms with Gasteiger partial charge in [-0.15, -0.1) is 0 Å². The van der Waals surface area contributed by atoms with Crippen molar-refractivity contribution in [1.82, 2.24) is 0 Å². The molecule has 0 radical (unpaired) electrons. The molecule has 0 heterocycles. The van der Waals surface area contributed by atoms with E-state index >= 15 is 0 Å². The summed E-state index contributed by atoms with van der Waals surface area (Å²) in [6.45, 7) is -2.20. The lowest BCUT2D eigenvalue weighted by atomic mass is 9.85. The van der Waals surface area contributed by atoms with Crippen LogP contribution >= 0.6 is 7.82 Å². The number of aliphatic hydroxyl groups is 5. The largest absolute Gasteiger partial charge is 0.756 e. The predicted molar refractivity (Wildman–Crippen MR) is 214 cm³/mol. The number of unbranched alkanes of at least 4 members (excludes halogenated alkanes) is 19. The van der Waals surface area contributed by atoms with Gasteiger partial charge in [0.15, 0.2) is 6.10 Å². The molecule has 14 heteroatoms. The van der Waals surface area contributed by atoms with Crippen molar-refractivity contribution in [3.05, 3.63) is 12.2 Å².